The number of rotatable bonds is 7. The molecule has 1 aliphatic rings. The molecule has 0 aromatic heterocycles. The lowest BCUT2D eigenvalue weighted by Crippen LogP contribution is -2.21. The van der Waals surface area contributed by atoms with Gasteiger partial charge in [0.1, 0.15) is 12.7 Å². The number of ether oxygens (including phenoxy) is 2. The highest BCUT2D eigenvalue weighted by atomic mass is 16.5. The van der Waals surface area contributed by atoms with E-state index in [9.17, 15) is 14.4 Å². The van der Waals surface area contributed by atoms with Crippen molar-refractivity contribution in [3.8, 4) is 0 Å². The molecule has 0 bridgehead atoms. The third kappa shape index (κ3) is 7.81. The van der Waals surface area contributed by atoms with Gasteiger partial charge in [-0.2, -0.15) is 0 Å². The lowest BCUT2D eigenvalue weighted by Gasteiger charge is -2.20. The van der Waals surface area contributed by atoms with E-state index in [1.165, 1.54) is 6.42 Å². The Labute approximate surface area is 130 Å². The average Bonchev–Trinajstić information content (AvgIpc) is 2.41. The van der Waals surface area contributed by atoms with Gasteiger partial charge < -0.3 is 14.6 Å². The zero-order chi connectivity index (χ0) is 16.4. The molecule has 0 unspecified atom stereocenters. The topological polar surface area (TPSA) is 89.9 Å². The molecule has 1 N–H and O–H groups in total. The first-order valence-electron chi connectivity index (χ1n) is 7.75. The van der Waals surface area contributed by atoms with E-state index in [0.29, 0.717) is 0 Å². The molecule has 0 heterocycles. The lowest BCUT2D eigenvalue weighted by atomic mass is 9.98. The van der Waals surface area contributed by atoms with Crippen molar-refractivity contribution in [3.63, 3.8) is 0 Å². The van der Waals surface area contributed by atoms with Crippen molar-refractivity contribution in [1.29, 1.82) is 0 Å². The predicted octanol–water partition coefficient (Wildman–Crippen LogP) is 2.61. The fourth-order valence-corrected chi connectivity index (χ4v) is 2.34. The standard InChI is InChI=1S/C16H24O6/c1-12(16(20)21-10-9-14(17)18)11-15(19)22-13-7-5-3-2-4-6-8-13/h13H,1-11H2,(H,17,18). The predicted molar refractivity (Wildman–Crippen MR) is 79.2 cm³/mol. The molecule has 1 saturated carbocycles. The molecular formula is C16H24O6. The first kappa shape index (κ1) is 18.2. The molecule has 0 aliphatic heterocycles. The van der Waals surface area contributed by atoms with Gasteiger partial charge in [-0.1, -0.05) is 25.8 Å². The van der Waals surface area contributed by atoms with Gasteiger partial charge in [-0.3, -0.25) is 9.59 Å². The summed E-state index contributed by atoms with van der Waals surface area (Å²) in [7, 11) is 0. The third-order valence-electron chi connectivity index (χ3n) is 3.55. The summed E-state index contributed by atoms with van der Waals surface area (Å²) < 4.78 is 10.1. The third-order valence-corrected chi connectivity index (χ3v) is 3.55. The van der Waals surface area contributed by atoms with E-state index in [1.807, 2.05) is 0 Å². The van der Waals surface area contributed by atoms with E-state index in [0.717, 1.165) is 38.5 Å². The normalized spacial score (nSPS) is 16.2. The first-order chi connectivity index (χ1) is 10.5. The van der Waals surface area contributed by atoms with Crippen molar-refractivity contribution in [1.82, 2.24) is 0 Å². The molecule has 0 aromatic rings. The number of hydrogen-bond acceptors (Lipinski definition) is 5. The molecule has 0 aromatic carbocycles. The molecule has 6 heteroatoms. The Morgan fingerprint density at radius 3 is 2.23 bits per heavy atom. The average molecular weight is 312 g/mol. The van der Waals surface area contributed by atoms with Crippen molar-refractivity contribution in [2.45, 2.75) is 63.9 Å². The van der Waals surface area contributed by atoms with Crippen LogP contribution in [0.25, 0.3) is 0 Å². The summed E-state index contributed by atoms with van der Waals surface area (Å²) in [4.78, 5) is 33.7. The smallest absolute Gasteiger partial charge is 0.334 e. The van der Waals surface area contributed by atoms with Crippen LogP contribution >= 0.6 is 0 Å². The van der Waals surface area contributed by atoms with Crippen LogP contribution in [0.4, 0.5) is 0 Å². The number of aliphatic carboxylic acids is 1. The summed E-state index contributed by atoms with van der Waals surface area (Å²) in [6.45, 7) is 3.26. The molecule has 0 atom stereocenters. The molecule has 0 spiro atoms. The molecule has 0 amide bonds. The summed E-state index contributed by atoms with van der Waals surface area (Å²) in [6, 6.07) is 0. The van der Waals surface area contributed by atoms with E-state index < -0.39 is 17.9 Å². The molecule has 0 radical (unpaired) electrons. The van der Waals surface area contributed by atoms with E-state index in [2.05, 4.69) is 6.58 Å². The van der Waals surface area contributed by atoms with Gasteiger partial charge in [-0.25, -0.2) is 4.79 Å². The quantitative estimate of drug-likeness (QED) is 0.574. The first-order valence-corrected chi connectivity index (χ1v) is 7.75. The Bertz CT molecular complexity index is 407. The Kier molecular flexibility index (Phi) is 8.25. The van der Waals surface area contributed by atoms with Crippen LogP contribution in [0.5, 0.6) is 0 Å². The number of hydrogen-bond donors (Lipinski definition) is 1. The molecule has 22 heavy (non-hydrogen) atoms. The highest BCUT2D eigenvalue weighted by Crippen LogP contribution is 2.20. The summed E-state index contributed by atoms with van der Waals surface area (Å²) >= 11 is 0. The zero-order valence-electron chi connectivity index (χ0n) is 12.8. The van der Waals surface area contributed by atoms with Crippen molar-refractivity contribution in [2.24, 2.45) is 0 Å². The van der Waals surface area contributed by atoms with Crippen molar-refractivity contribution >= 4 is 17.9 Å². The fourth-order valence-electron chi connectivity index (χ4n) is 2.34. The van der Waals surface area contributed by atoms with Gasteiger partial charge in [-0.15, -0.1) is 0 Å². The van der Waals surface area contributed by atoms with E-state index in [1.54, 1.807) is 0 Å². The molecule has 1 rings (SSSR count). The van der Waals surface area contributed by atoms with E-state index in [-0.39, 0.29) is 31.1 Å². The highest BCUT2D eigenvalue weighted by Gasteiger charge is 2.19. The SMILES string of the molecule is C=C(CC(=O)OC1CCCCCCC1)C(=O)OCCC(=O)O. The maximum atomic E-state index is 11.8. The van der Waals surface area contributed by atoms with Gasteiger partial charge in [0.25, 0.3) is 0 Å². The Morgan fingerprint density at radius 1 is 1.05 bits per heavy atom. The van der Waals surface area contributed by atoms with E-state index >= 15 is 0 Å². The Balaban J connectivity index is 2.28. The number of carboxylic acid groups (broad SMARTS) is 1. The molecule has 124 valence electrons. The van der Waals surface area contributed by atoms with Crippen LogP contribution in [-0.4, -0.2) is 35.7 Å². The van der Waals surface area contributed by atoms with Crippen LogP contribution in [0.15, 0.2) is 12.2 Å². The highest BCUT2D eigenvalue weighted by molar-refractivity contribution is 5.93. The van der Waals surface area contributed by atoms with Crippen LogP contribution < -0.4 is 0 Å². The molecule has 1 aliphatic carbocycles. The second-order valence-corrected chi connectivity index (χ2v) is 5.52. The van der Waals surface area contributed by atoms with Gasteiger partial charge in [-0.05, 0) is 25.7 Å². The van der Waals surface area contributed by atoms with Crippen molar-refractivity contribution in [3.05, 3.63) is 12.2 Å². The fraction of sp³-hybridized carbons (Fsp3) is 0.688. The van der Waals surface area contributed by atoms with Gasteiger partial charge in [0.05, 0.1) is 12.8 Å². The number of carbonyl (C=O) groups excluding carboxylic acids is 2. The van der Waals surface area contributed by atoms with Crippen LogP contribution in [0.1, 0.15) is 57.8 Å². The zero-order valence-corrected chi connectivity index (χ0v) is 12.8. The molecule has 0 saturated heterocycles. The molecule has 6 nitrogen and oxygen atoms in total. The van der Waals surface area contributed by atoms with Gasteiger partial charge in [0.15, 0.2) is 0 Å². The van der Waals surface area contributed by atoms with Gasteiger partial charge >= 0.3 is 17.9 Å². The Hall–Kier alpha value is -1.85. The number of esters is 2. The van der Waals surface area contributed by atoms with Crippen LogP contribution in [0.3, 0.4) is 0 Å². The van der Waals surface area contributed by atoms with Gasteiger partial charge in [0, 0.05) is 5.57 Å². The molecule has 1 fully saturated rings. The van der Waals surface area contributed by atoms with Crippen LogP contribution in [0, 0.1) is 0 Å². The van der Waals surface area contributed by atoms with Crippen molar-refractivity contribution in [2.75, 3.05) is 6.61 Å². The molecular weight excluding hydrogens is 288 g/mol. The maximum absolute atomic E-state index is 11.8. The largest absolute Gasteiger partial charge is 0.481 e. The number of carbonyl (C=O) groups is 3. The minimum atomic E-state index is -1.05. The van der Waals surface area contributed by atoms with Gasteiger partial charge in [0.2, 0.25) is 0 Å². The van der Waals surface area contributed by atoms with Crippen molar-refractivity contribution < 1.29 is 29.0 Å². The summed E-state index contributed by atoms with van der Waals surface area (Å²) in [5.74, 6) is -2.29. The monoisotopic (exact) mass is 312 g/mol. The second-order valence-electron chi connectivity index (χ2n) is 5.52. The summed E-state index contributed by atoms with van der Waals surface area (Å²) in [5, 5.41) is 8.45. The Morgan fingerprint density at radius 2 is 1.64 bits per heavy atom. The second kappa shape index (κ2) is 9.97. The van der Waals surface area contributed by atoms with E-state index in [4.69, 9.17) is 14.6 Å². The maximum Gasteiger partial charge on any atom is 0.334 e. The lowest BCUT2D eigenvalue weighted by molar-refractivity contribution is -0.152. The summed E-state index contributed by atoms with van der Waals surface area (Å²) in [5.41, 5.74) is -0.0127. The summed E-state index contributed by atoms with van der Waals surface area (Å²) in [6.07, 6.45) is 6.82. The number of carboxylic acids is 1. The minimum Gasteiger partial charge on any atom is -0.481 e. The van der Waals surface area contributed by atoms with Crippen LogP contribution in [-0.2, 0) is 23.9 Å². The van der Waals surface area contributed by atoms with Crippen LogP contribution in [0.2, 0.25) is 0 Å². The minimum absolute atomic E-state index is 0.0127.